The molecule has 1 aromatic rings. The summed E-state index contributed by atoms with van der Waals surface area (Å²) in [5, 5.41) is 12.1. The zero-order valence-electron chi connectivity index (χ0n) is 11.8. The van der Waals surface area contributed by atoms with E-state index in [9.17, 15) is 12.8 Å². The normalized spacial score (nSPS) is 17.6. The molecule has 1 heterocycles. The van der Waals surface area contributed by atoms with Crippen LogP contribution < -0.4 is 5.32 Å². The van der Waals surface area contributed by atoms with Gasteiger partial charge >= 0.3 is 0 Å². The SMILES string of the molecule is CS(=O)(=O)N1CCC(NCc2cc(F)cc(C#N)c2)CC1. The maximum atomic E-state index is 13.3. The molecule has 0 bridgehead atoms. The van der Waals surface area contributed by atoms with Crippen molar-refractivity contribution in [2.45, 2.75) is 25.4 Å². The van der Waals surface area contributed by atoms with Crippen molar-refractivity contribution in [3.63, 3.8) is 0 Å². The molecule has 1 N–H and O–H groups in total. The molecular formula is C14H18FN3O2S. The van der Waals surface area contributed by atoms with E-state index in [0.717, 1.165) is 18.4 Å². The maximum absolute atomic E-state index is 13.3. The fourth-order valence-electron chi connectivity index (χ4n) is 2.47. The number of hydrogen-bond acceptors (Lipinski definition) is 4. The first-order valence-corrected chi connectivity index (χ1v) is 8.61. The third-order valence-electron chi connectivity index (χ3n) is 3.60. The monoisotopic (exact) mass is 311 g/mol. The second-order valence-electron chi connectivity index (χ2n) is 5.28. The minimum absolute atomic E-state index is 0.205. The van der Waals surface area contributed by atoms with Gasteiger partial charge in [0.2, 0.25) is 10.0 Å². The summed E-state index contributed by atoms with van der Waals surface area (Å²) in [6, 6.07) is 6.39. The molecule has 21 heavy (non-hydrogen) atoms. The zero-order chi connectivity index (χ0) is 15.5. The Kier molecular flexibility index (Phi) is 4.93. The molecule has 1 fully saturated rings. The highest BCUT2D eigenvalue weighted by atomic mass is 32.2. The predicted molar refractivity (Wildman–Crippen MR) is 77.4 cm³/mol. The lowest BCUT2D eigenvalue weighted by molar-refractivity contribution is 0.290. The van der Waals surface area contributed by atoms with Crippen LogP contribution in [0.5, 0.6) is 0 Å². The van der Waals surface area contributed by atoms with Gasteiger partial charge < -0.3 is 5.32 Å². The highest BCUT2D eigenvalue weighted by Crippen LogP contribution is 2.14. The van der Waals surface area contributed by atoms with Crippen molar-refractivity contribution in [2.24, 2.45) is 0 Å². The molecule has 7 heteroatoms. The lowest BCUT2D eigenvalue weighted by Crippen LogP contribution is -2.44. The summed E-state index contributed by atoms with van der Waals surface area (Å²) >= 11 is 0. The summed E-state index contributed by atoms with van der Waals surface area (Å²) in [6.45, 7) is 1.47. The summed E-state index contributed by atoms with van der Waals surface area (Å²) in [7, 11) is -3.11. The summed E-state index contributed by atoms with van der Waals surface area (Å²) in [5.41, 5.74) is 1.02. The Morgan fingerprint density at radius 1 is 1.38 bits per heavy atom. The van der Waals surface area contributed by atoms with Crippen molar-refractivity contribution in [1.82, 2.24) is 9.62 Å². The minimum atomic E-state index is -3.11. The van der Waals surface area contributed by atoms with Crippen LogP contribution in [0.25, 0.3) is 0 Å². The van der Waals surface area contributed by atoms with Crippen LogP contribution in [-0.4, -0.2) is 38.1 Å². The van der Waals surface area contributed by atoms with Gasteiger partial charge in [-0.15, -0.1) is 0 Å². The minimum Gasteiger partial charge on any atom is -0.310 e. The van der Waals surface area contributed by atoms with Crippen molar-refractivity contribution in [2.75, 3.05) is 19.3 Å². The number of nitriles is 1. The average molecular weight is 311 g/mol. The van der Waals surface area contributed by atoms with Crippen molar-refractivity contribution in [1.29, 1.82) is 5.26 Å². The molecule has 0 unspecified atom stereocenters. The molecule has 1 aromatic carbocycles. The Morgan fingerprint density at radius 2 is 2.05 bits per heavy atom. The van der Waals surface area contributed by atoms with Crippen LogP contribution in [0.3, 0.4) is 0 Å². The Hall–Kier alpha value is -1.49. The molecule has 1 saturated heterocycles. The molecule has 0 spiro atoms. The van der Waals surface area contributed by atoms with Gasteiger partial charge in [-0.3, -0.25) is 0 Å². The number of nitrogens with zero attached hydrogens (tertiary/aromatic N) is 2. The third-order valence-corrected chi connectivity index (χ3v) is 4.91. The lowest BCUT2D eigenvalue weighted by atomic mass is 10.1. The van der Waals surface area contributed by atoms with E-state index in [4.69, 9.17) is 5.26 Å². The van der Waals surface area contributed by atoms with Crippen LogP contribution >= 0.6 is 0 Å². The van der Waals surface area contributed by atoms with E-state index in [0.29, 0.717) is 25.2 Å². The van der Waals surface area contributed by atoms with Crippen LogP contribution in [0, 0.1) is 17.1 Å². The highest BCUT2D eigenvalue weighted by Gasteiger charge is 2.24. The van der Waals surface area contributed by atoms with E-state index in [2.05, 4.69) is 5.32 Å². The average Bonchev–Trinajstić information content (AvgIpc) is 2.44. The number of rotatable bonds is 4. The van der Waals surface area contributed by atoms with Gasteiger partial charge in [0.15, 0.2) is 0 Å². The van der Waals surface area contributed by atoms with E-state index in [-0.39, 0.29) is 6.04 Å². The first kappa shape index (κ1) is 15.9. The van der Waals surface area contributed by atoms with E-state index in [1.807, 2.05) is 6.07 Å². The first-order valence-electron chi connectivity index (χ1n) is 6.76. The predicted octanol–water partition coefficient (Wildman–Crippen LogP) is 1.21. The van der Waals surface area contributed by atoms with Crippen molar-refractivity contribution in [3.8, 4) is 6.07 Å². The Morgan fingerprint density at radius 3 is 2.62 bits per heavy atom. The second-order valence-corrected chi connectivity index (χ2v) is 7.26. The Labute approximate surface area is 124 Å². The van der Waals surface area contributed by atoms with Crippen molar-refractivity contribution >= 4 is 10.0 Å². The number of sulfonamides is 1. The smallest absolute Gasteiger partial charge is 0.211 e. The molecule has 0 aromatic heterocycles. The Bertz CT molecular complexity index is 647. The van der Waals surface area contributed by atoms with Gasteiger partial charge in [-0.25, -0.2) is 17.1 Å². The zero-order valence-corrected chi connectivity index (χ0v) is 12.7. The van der Waals surface area contributed by atoms with Crippen LogP contribution in [0.2, 0.25) is 0 Å². The van der Waals surface area contributed by atoms with Crippen LogP contribution in [0.4, 0.5) is 4.39 Å². The van der Waals surface area contributed by atoms with Gasteiger partial charge in [0.05, 0.1) is 17.9 Å². The Balaban J connectivity index is 1.88. The third kappa shape index (κ3) is 4.49. The van der Waals surface area contributed by atoms with E-state index in [1.54, 1.807) is 6.07 Å². The summed E-state index contributed by atoms with van der Waals surface area (Å²) < 4.78 is 37.6. The number of benzene rings is 1. The summed E-state index contributed by atoms with van der Waals surface area (Å²) in [6.07, 6.45) is 2.68. The molecule has 2 rings (SSSR count). The van der Waals surface area contributed by atoms with Gasteiger partial charge in [0.1, 0.15) is 5.82 Å². The molecule has 0 atom stereocenters. The molecule has 114 valence electrons. The van der Waals surface area contributed by atoms with Crippen LogP contribution in [0.15, 0.2) is 18.2 Å². The van der Waals surface area contributed by atoms with Crippen LogP contribution in [0.1, 0.15) is 24.0 Å². The van der Waals surface area contributed by atoms with Gasteiger partial charge in [0.25, 0.3) is 0 Å². The molecule has 0 aliphatic carbocycles. The van der Waals surface area contributed by atoms with E-state index < -0.39 is 15.8 Å². The first-order chi connectivity index (χ1) is 9.88. The number of halogens is 1. The van der Waals surface area contributed by atoms with Gasteiger partial charge in [-0.05, 0) is 36.6 Å². The lowest BCUT2D eigenvalue weighted by Gasteiger charge is -2.30. The summed E-state index contributed by atoms with van der Waals surface area (Å²) in [5.74, 6) is -0.419. The molecule has 5 nitrogen and oxygen atoms in total. The quantitative estimate of drug-likeness (QED) is 0.907. The topological polar surface area (TPSA) is 73.2 Å². The fourth-order valence-corrected chi connectivity index (χ4v) is 3.34. The number of hydrogen-bond donors (Lipinski definition) is 1. The van der Waals surface area contributed by atoms with Crippen molar-refractivity contribution in [3.05, 3.63) is 35.1 Å². The van der Waals surface area contributed by atoms with Crippen LogP contribution in [-0.2, 0) is 16.6 Å². The van der Waals surface area contributed by atoms with Gasteiger partial charge in [-0.1, -0.05) is 0 Å². The van der Waals surface area contributed by atoms with E-state index >= 15 is 0 Å². The molecular weight excluding hydrogens is 293 g/mol. The molecule has 0 radical (unpaired) electrons. The summed E-state index contributed by atoms with van der Waals surface area (Å²) in [4.78, 5) is 0. The van der Waals surface area contributed by atoms with Gasteiger partial charge in [-0.2, -0.15) is 5.26 Å². The largest absolute Gasteiger partial charge is 0.310 e. The molecule has 0 amide bonds. The van der Waals surface area contributed by atoms with E-state index in [1.165, 1.54) is 22.7 Å². The molecule has 1 aliphatic heterocycles. The molecule has 0 saturated carbocycles. The highest BCUT2D eigenvalue weighted by molar-refractivity contribution is 7.88. The van der Waals surface area contributed by atoms with Gasteiger partial charge in [0, 0.05) is 25.7 Å². The number of nitrogens with one attached hydrogen (secondary N) is 1. The standard InChI is InChI=1S/C14H18FN3O2S/c1-21(19,20)18-4-2-14(3-5-18)17-10-12-6-11(9-16)7-13(15)8-12/h6-8,14,17H,2-5,10H2,1H3. The maximum Gasteiger partial charge on any atom is 0.211 e. The van der Waals surface area contributed by atoms with Crippen molar-refractivity contribution < 1.29 is 12.8 Å². The second kappa shape index (κ2) is 6.52. The number of piperidine rings is 1. The fraction of sp³-hybridized carbons (Fsp3) is 0.500. The molecule has 1 aliphatic rings.